The van der Waals surface area contributed by atoms with Crippen LogP contribution in [0.1, 0.15) is 0 Å². The molecule has 1 heterocycles. The van der Waals surface area contributed by atoms with E-state index in [9.17, 15) is 9.18 Å². The maximum Gasteiger partial charge on any atom is 0.424 e. The SMILES string of the molecule is O=c1occ(-c2ccc(S)cc2)n1-c1ccc(F)cc1. The van der Waals surface area contributed by atoms with E-state index in [0.29, 0.717) is 11.4 Å². The zero-order valence-electron chi connectivity index (χ0n) is 10.3. The smallest absolute Gasteiger partial charge is 0.415 e. The zero-order chi connectivity index (χ0) is 14.1. The van der Waals surface area contributed by atoms with Crippen molar-refractivity contribution in [2.75, 3.05) is 0 Å². The topological polar surface area (TPSA) is 35.1 Å². The van der Waals surface area contributed by atoms with Crippen LogP contribution in [-0.4, -0.2) is 4.57 Å². The van der Waals surface area contributed by atoms with Crippen LogP contribution < -0.4 is 5.76 Å². The molecule has 1 aromatic heterocycles. The van der Waals surface area contributed by atoms with Crippen LogP contribution in [0.3, 0.4) is 0 Å². The third-order valence-electron chi connectivity index (χ3n) is 2.94. The Balaban J connectivity index is 2.17. The molecule has 0 aliphatic rings. The number of rotatable bonds is 2. The van der Waals surface area contributed by atoms with Gasteiger partial charge < -0.3 is 4.42 Å². The second kappa shape index (κ2) is 5.02. The highest BCUT2D eigenvalue weighted by molar-refractivity contribution is 7.80. The van der Waals surface area contributed by atoms with E-state index >= 15 is 0 Å². The molecule has 3 rings (SSSR count). The summed E-state index contributed by atoms with van der Waals surface area (Å²) in [6, 6.07) is 13.0. The summed E-state index contributed by atoms with van der Waals surface area (Å²) in [5.74, 6) is -0.868. The highest BCUT2D eigenvalue weighted by Gasteiger charge is 2.12. The van der Waals surface area contributed by atoms with Crippen LogP contribution >= 0.6 is 12.6 Å². The molecule has 2 aromatic carbocycles. The van der Waals surface area contributed by atoms with E-state index in [1.807, 2.05) is 24.3 Å². The fraction of sp³-hybridized carbons (Fsp3) is 0. The molecule has 0 aliphatic heterocycles. The highest BCUT2D eigenvalue weighted by atomic mass is 32.1. The van der Waals surface area contributed by atoms with Gasteiger partial charge >= 0.3 is 5.76 Å². The molecule has 100 valence electrons. The van der Waals surface area contributed by atoms with E-state index < -0.39 is 5.76 Å². The number of benzene rings is 2. The van der Waals surface area contributed by atoms with Gasteiger partial charge in [0.1, 0.15) is 12.1 Å². The van der Waals surface area contributed by atoms with Crippen LogP contribution in [0.4, 0.5) is 4.39 Å². The first kappa shape index (κ1) is 12.7. The number of oxazole rings is 1. The number of nitrogens with zero attached hydrogens (tertiary/aromatic N) is 1. The molecule has 20 heavy (non-hydrogen) atoms. The summed E-state index contributed by atoms with van der Waals surface area (Å²) < 4.78 is 19.3. The Morgan fingerprint density at radius 2 is 1.65 bits per heavy atom. The normalized spacial score (nSPS) is 10.7. The third kappa shape index (κ3) is 2.28. The van der Waals surface area contributed by atoms with Gasteiger partial charge in [0.25, 0.3) is 0 Å². The Morgan fingerprint density at radius 1 is 1.00 bits per heavy atom. The summed E-state index contributed by atoms with van der Waals surface area (Å²) >= 11 is 4.22. The molecule has 5 heteroatoms. The Bertz CT molecular complexity index is 788. The summed E-state index contributed by atoms with van der Waals surface area (Å²) in [5.41, 5.74) is 1.98. The lowest BCUT2D eigenvalue weighted by Gasteiger charge is -2.06. The average molecular weight is 287 g/mol. The third-order valence-corrected chi connectivity index (χ3v) is 3.24. The van der Waals surface area contributed by atoms with Crippen molar-refractivity contribution < 1.29 is 8.81 Å². The highest BCUT2D eigenvalue weighted by Crippen LogP contribution is 2.23. The summed E-state index contributed by atoms with van der Waals surface area (Å²) in [6.07, 6.45) is 1.39. The van der Waals surface area contributed by atoms with Crippen molar-refractivity contribution in [2.24, 2.45) is 0 Å². The monoisotopic (exact) mass is 287 g/mol. The molecule has 0 saturated carbocycles. The summed E-state index contributed by atoms with van der Waals surface area (Å²) in [7, 11) is 0. The van der Waals surface area contributed by atoms with Gasteiger partial charge in [-0.2, -0.15) is 0 Å². The van der Waals surface area contributed by atoms with Gasteiger partial charge in [0.2, 0.25) is 0 Å². The number of aromatic nitrogens is 1. The van der Waals surface area contributed by atoms with Crippen molar-refractivity contribution in [3.63, 3.8) is 0 Å². The van der Waals surface area contributed by atoms with Gasteiger partial charge in [0, 0.05) is 10.5 Å². The first-order chi connectivity index (χ1) is 9.65. The molecule has 0 amide bonds. The first-order valence-corrected chi connectivity index (χ1v) is 6.36. The molecular formula is C15H10FNO2S. The lowest BCUT2D eigenvalue weighted by atomic mass is 10.1. The number of halogens is 1. The second-order valence-electron chi connectivity index (χ2n) is 4.25. The molecular weight excluding hydrogens is 277 g/mol. The van der Waals surface area contributed by atoms with Gasteiger partial charge in [-0.3, -0.25) is 0 Å². The van der Waals surface area contributed by atoms with Gasteiger partial charge in [0.15, 0.2) is 0 Å². The predicted octanol–water partition coefficient (Wildman–Crippen LogP) is 3.53. The minimum absolute atomic E-state index is 0.355. The minimum atomic E-state index is -0.512. The molecule has 0 aliphatic carbocycles. The van der Waals surface area contributed by atoms with E-state index in [1.54, 1.807) is 0 Å². The fourth-order valence-electron chi connectivity index (χ4n) is 1.97. The maximum atomic E-state index is 13.0. The summed E-state index contributed by atoms with van der Waals surface area (Å²) in [4.78, 5) is 12.7. The van der Waals surface area contributed by atoms with Gasteiger partial charge in [-0.25, -0.2) is 13.8 Å². The van der Waals surface area contributed by atoms with E-state index in [4.69, 9.17) is 4.42 Å². The van der Waals surface area contributed by atoms with Gasteiger partial charge in [0.05, 0.1) is 11.4 Å². The van der Waals surface area contributed by atoms with Gasteiger partial charge in [-0.15, -0.1) is 12.6 Å². The molecule has 0 spiro atoms. The van der Waals surface area contributed by atoms with Crippen LogP contribution in [-0.2, 0) is 0 Å². The van der Waals surface area contributed by atoms with Crippen LogP contribution in [0.25, 0.3) is 16.9 Å². The van der Waals surface area contributed by atoms with Crippen LogP contribution in [0.5, 0.6) is 0 Å². The Hall–Kier alpha value is -2.27. The molecule has 3 aromatic rings. The lowest BCUT2D eigenvalue weighted by Crippen LogP contribution is -2.13. The second-order valence-corrected chi connectivity index (χ2v) is 4.76. The zero-order valence-corrected chi connectivity index (χ0v) is 11.2. The Morgan fingerprint density at radius 3 is 2.30 bits per heavy atom. The van der Waals surface area contributed by atoms with E-state index in [-0.39, 0.29) is 5.82 Å². The van der Waals surface area contributed by atoms with Crippen LogP contribution in [0, 0.1) is 5.82 Å². The van der Waals surface area contributed by atoms with E-state index in [0.717, 1.165) is 10.5 Å². The maximum absolute atomic E-state index is 13.0. The van der Waals surface area contributed by atoms with Crippen molar-refractivity contribution in [3.05, 3.63) is 71.2 Å². The summed E-state index contributed by atoms with van der Waals surface area (Å²) in [5, 5.41) is 0. The average Bonchev–Trinajstić information content (AvgIpc) is 2.83. The molecule has 0 unspecified atom stereocenters. The lowest BCUT2D eigenvalue weighted by molar-refractivity contribution is 0.504. The summed E-state index contributed by atoms with van der Waals surface area (Å²) in [6.45, 7) is 0. The van der Waals surface area contributed by atoms with Gasteiger partial charge in [-0.1, -0.05) is 12.1 Å². The Labute approximate surface area is 119 Å². The largest absolute Gasteiger partial charge is 0.424 e. The van der Waals surface area contributed by atoms with Gasteiger partial charge in [-0.05, 0) is 36.4 Å². The molecule has 0 bridgehead atoms. The van der Waals surface area contributed by atoms with Crippen molar-refractivity contribution in [2.45, 2.75) is 4.90 Å². The minimum Gasteiger partial charge on any atom is -0.415 e. The molecule has 0 atom stereocenters. The number of hydrogen-bond acceptors (Lipinski definition) is 3. The van der Waals surface area contributed by atoms with E-state index in [1.165, 1.54) is 35.1 Å². The number of hydrogen-bond donors (Lipinski definition) is 1. The predicted molar refractivity (Wildman–Crippen MR) is 77.0 cm³/mol. The molecule has 0 fully saturated rings. The molecule has 3 nitrogen and oxygen atoms in total. The fourth-order valence-corrected chi connectivity index (χ4v) is 2.12. The quantitative estimate of drug-likeness (QED) is 0.732. The Kier molecular flexibility index (Phi) is 3.20. The van der Waals surface area contributed by atoms with Crippen molar-refractivity contribution in [1.29, 1.82) is 0 Å². The standard InChI is InChI=1S/C15H10FNO2S/c16-11-3-5-12(6-4-11)17-14(9-19-15(17)18)10-1-7-13(20)8-2-10/h1-9,20H. The van der Waals surface area contributed by atoms with Crippen LogP contribution in [0.2, 0.25) is 0 Å². The number of thiol groups is 1. The molecule has 0 saturated heterocycles. The molecule has 0 radical (unpaired) electrons. The first-order valence-electron chi connectivity index (χ1n) is 5.91. The van der Waals surface area contributed by atoms with Crippen molar-refractivity contribution in [1.82, 2.24) is 4.57 Å². The van der Waals surface area contributed by atoms with Crippen molar-refractivity contribution >= 4 is 12.6 Å². The van der Waals surface area contributed by atoms with Crippen molar-refractivity contribution in [3.8, 4) is 16.9 Å². The van der Waals surface area contributed by atoms with E-state index in [2.05, 4.69) is 12.6 Å². The molecule has 0 N–H and O–H groups in total. The van der Waals surface area contributed by atoms with Crippen LogP contribution in [0.15, 0.2) is 68.9 Å².